The molecule has 0 aliphatic carbocycles. The van der Waals surface area contributed by atoms with Crippen LogP contribution < -0.4 is 14.4 Å². The smallest absolute Gasteiger partial charge is 0.264 e. The molecule has 32 heavy (non-hydrogen) atoms. The van der Waals surface area contributed by atoms with Crippen LogP contribution in [0.25, 0.3) is 0 Å². The first kappa shape index (κ1) is 24.1. The van der Waals surface area contributed by atoms with Gasteiger partial charge in [0.15, 0.2) is 6.10 Å². The van der Waals surface area contributed by atoms with Gasteiger partial charge in [-0.1, -0.05) is 56.9 Å². The van der Waals surface area contributed by atoms with Crippen LogP contribution >= 0.6 is 0 Å². The van der Waals surface area contributed by atoms with Crippen LogP contribution in [-0.2, 0) is 14.8 Å². The van der Waals surface area contributed by atoms with Gasteiger partial charge in [-0.3, -0.25) is 9.10 Å². The summed E-state index contributed by atoms with van der Waals surface area (Å²) in [5.41, 5.74) is 2.36. The second kappa shape index (κ2) is 10.4. The van der Waals surface area contributed by atoms with Crippen LogP contribution in [0.5, 0.6) is 5.75 Å². The molecule has 0 radical (unpaired) electrons. The number of unbranched alkanes of at least 4 members (excludes halogenated alkanes) is 1. The minimum absolute atomic E-state index is 0.0652. The van der Waals surface area contributed by atoms with E-state index in [1.165, 1.54) is 4.31 Å². The Morgan fingerprint density at radius 3 is 2.47 bits per heavy atom. The van der Waals surface area contributed by atoms with E-state index in [1.807, 2.05) is 19.9 Å². The van der Waals surface area contributed by atoms with E-state index in [4.69, 9.17) is 4.74 Å². The first-order chi connectivity index (χ1) is 15.3. The lowest BCUT2D eigenvalue weighted by molar-refractivity contribution is -0.127. The summed E-state index contributed by atoms with van der Waals surface area (Å²) in [6.45, 7) is 8.59. The minimum atomic E-state index is -3.85. The van der Waals surface area contributed by atoms with E-state index in [2.05, 4.69) is 19.2 Å². The third-order valence-corrected chi connectivity index (χ3v) is 7.79. The first-order valence-corrected chi connectivity index (χ1v) is 12.8. The average Bonchev–Trinajstić information content (AvgIpc) is 2.78. The highest BCUT2D eigenvalue weighted by atomic mass is 32.2. The van der Waals surface area contributed by atoms with Crippen LogP contribution in [0.15, 0.2) is 47.4 Å². The van der Waals surface area contributed by atoms with Crippen molar-refractivity contribution in [3.8, 4) is 5.75 Å². The zero-order valence-corrected chi connectivity index (χ0v) is 20.2. The van der Waals surface area contributed by atoms with E-state index >= 15 is 0 Å². The van der Waals surface area contributed by atoms with E-state index in [-0.39, 0.29) is 17.3 Å². The maximum absolute atomic E-state index is 13.5. The number of fused-ring (bicyclic) bond motifs is 1. The van der Waals surface area contributed by atoms with Crippen molar-refractivity contribution < 1.29 is 17.9 Å². The van der Waals surface area contributed by atoms with Gasteiger partial charge in [-0.05, 0) is 56.0 Å². The molecule has 2 atom stereocenters. The SMILES string of the molecule is CCCC[C@@H](CC)CNC(=O)[C@H]1CN(S(=O)(=O)c2ccc(C)cc2)c2cc(C)ccc2O1. The van der Waals surface area contributed by atoms with Gasteiger partial charge in [0.25, 0.3) is 15.9 Å². The number of ether oxygens (including phenoxy) is 1. The largest absolute Gasteiger partial charge is 0.476 e. The lowest BCUT2D eigenvalue weighted by Crippen LogP contribution is -2.51. The van der Waals surface area contributed by atoms with Gasteiger partial charge in [-0.15, -0.1) is 0 Å². The summed E-state index contributed by atoms with van der Waals surface area (Å²) in [6.07, 6.45) is 3.40. The minimum Gasteiger partial charge on any atom is -0.476 e. The maximum atomic E-state index is 13.5. The molecule has 1 aliphatic rings. The highest BCUT2D eigenvalue weighted by Crippen LogP contribution is 2.37. The summed E-state index contributed by atoms with van der Waals surface area (Å²) in [7, 11) is -3.85. The number of nitrogens with zero attached hydrogens (tertiary/aromatic N) is 1. The van der Waals surface area contributed by atoms with Gasteiger partial charge in [0.1, 0.15) is 5.75 Å². The Balaban J connectivity index is 1.85. The van der Waals surface area contributed by atoms with Gasteiger partial charge >= 0.3 is 0 Å². The van der Waals surface area contributed by atoms with Crippen LogP contribution in [0.3, 0.4) is 0 Å². The predicted molar refractivity (Wildman–Crippen MR) is 128 cm³/mol. The van der Waals surface area contributed by atoms with Crippen LogP contribution in [0.1, 0.15) is 50.7 Å². The molecule has 0 bridgehead atoms. The summed E-state index contributed by atoms with van der Waals surface area (Å²) in [5.74, 6) is 0.524. The summed E-state index contributed by atoms with van der Waals surface area (Å²) >= 11 is 0. The number of carbonyl (C=O) groups is 1. The lowest BCUT2D eigenvalue weighted by atomic mass is 9.99. The molecular formula is C25H34N2O4S. The molecule has 1 amide bonds. The van der Waals surface area contributed by atoms with Crippen molar-refractivity contribution in [2.24, 2.45) is 5.92 Å². The fraction of sp³-hybridized carbons (Fsp3) is 0.480. The number of benzene rings is 2. The molecule has 1 N–H and O–H groups in total. The topological polar surface area (TPSA) is 75.7 Å². The van der Waals surface area contributed by atoms with Crippen molar-refractivity contribution in [2.75, 3.05) is 17.4 Å². The normalized spacial score (nSPS) is 16.8. The summed E-state index contributed by atoms with van der Waals surface area (Å²) in [4.78, 5) is 13.2. The van der Waals surface area contributed by atoms with E-state index < -0.39 is 16.1 Å². The quantitative estimate of drug-likeness (QED) is 0.596. The highest BCUT2D eigenvalue weighted by molar-refractivity contribution is 7.92. The molecule has 0 aromatic heterocycles. The maximum Gasteiger partial charge on any atom is 0.264 e. The number of aryl methyl sites for hydroxylation is 2. The number of nitrogens with one attached hydrogen (secondary N) is 1. The van der Waals surface area contributed by atoms with Crippen LogP contribution in [0.4, 0.5) is 5.69 Å². The molecule has 1 heterocycles. The second-order valence-electron chi connectivity index (χ2n) is 8.59. The van der Waals surface area contributed by atoms with Crippen LogP contribution in [-0.4, -0.2) is 33.5 Å². The molecule has 174 valence electrons. The molecule has 0 saturated carbocycles. The standard InChI is InChI=1S/C25H34N2O4S/c1-5-7-8-20(6-2)16-26-25(28)24-17-27(22-15-19(4)11-14-23(22)31-24)32(29,30)21-12-9-18(3)10-13-21/h9-15,20,24H,5-8,16-17H2,1-4H3,(H,26,28)/t20-,24-/m1/s1. The first-order valence-electron chi connectivity index (χ1n) is 11.4. The Bertz CT molecular complexity index is 1030. The Morgan fingerprint density at radius 2 is 1.81 bits per heavy atom. The van der Waals surface area contributed by atoms with E-state index in [0.717, 1.165) is 36.8 Å². The van der Waals surface area contributed by atoms with Crippen molar-refractivity contribution in [3.05, 3.63) is 53.6 Å². The van der Waals surface area contributed by atoms with Gasteiger partial charge in [0.05, 0.1) is 17.1 Å². The van der Waals surface area contributed by atoms with Crippen LogP contribution in [0.2, 0.25) is 0 Å². The van der Waals surface area contributed by atoms with Gasteiger partial charge in [-0.2, -0.15) is 0 Å². The zero-order chi connectivity index (χ0) is 23.3. The second-order valence-corrected chi connectivity index (χ2v) is 10.5. The van der Waals surface area contributed by atoms with Crippen molar-refractivity contribution in [1.29, 1.82) is 0 Å². The summed E-state index contributed by atoms with van der Waals surface area (Å²) in [6, 6.07) is 12.1. The van der Waals surface area contributed by atoms with Crippen LogP contribution in [0, 0.1) is 19.8 Å². The number of sulfonamides is 1. The van der Waals surface area contributed by atoms with Crippen molar-refractivity contribution >= 4 is 21.6 Å². The highest BCUT2D eigenvalue weighted by Gasteiger charge is 2.37. The Hall–Kier alpha value is -2.54. The van der Waals surface area contributed by atoms with E-state index in [0.29, 0.717) is 23.9 Å². The van der Waals surface area contributed by atoms with Crippen molar-refractivity contribution in [3.63, 3.8) is 0 Å². The molecule has 0 saturated heterocycles. The molecule has 2 aromatic carbocycles. The molecule has 2 aromatic rings. The van der Waals surface area contributed by atoms with E-state index in [9.17, 15) is 13.2 Å². The molecule has 6 nitrogen and oxygen atoms in total. The lowest BCUT2D eigenvalue weighted by Gasteiger charge is -2.35. The monoisotopic (exact) mass is 458 g/mol. The number of rotatable bonds is 9. The fourth-order valence-corrected chi connectivity index (χ4v) is 5.33. The van der Waals surface area contributed by atoms with Gasteiger partial charge in [0, 0.05) is 6.54 Å². The molecule has 3 rings (SSSR count). The summed E-state index contributed by atoms with van der Waals surface area (Å²) < 4.78 is 34.3. The molecule has 7 heteroatoms. The number of anilines is 1. The molecule has 0 spiro atoms. The Labute approximate surface area is 192 Å². The number of hydrogen-bond donors (Lipinski definition) is 1. The average molecular weight is 459 g/mol. The Kier molecular flexibility index (Phi) is 7.82. The van der Waals surface area contributed by atoms with Gasteiger partial charge in [-0.25, -0.2) is 8.42 Å². The predicted octanol–water partition coefficient (Wildman–Crippen LogP) is 4.59. The molecular weight excluding hydrogens is 424 g/mol. The summed E-state index contributed by atoms with van der Waals surface area (Å²) in [5, 5.41) is 2.99. The number of amides is 1. The van der Waals surface area contributed by atoms with Crippen molar-refractivity contribution in [1.82, 2.24) is 5.32 Å². The number of carbonyl (C=O) groups excluding carboxylic acids is 1. The third kappa shape index (κ3) is 5.44. The molecule has 1 aliphatic heterocycles. The fourth-order valence-electron chi connectivity index (χ4n) is 3.87. The molecule has 0 unspecified atom stereocenters. The number of hydrogen-bond acceptors (Lipinski definition) is 4. The van der Waals surface area contributed by atoms with Gasteiger partial charge in [0.2, 0.25) is 0 Å². The third-order valence-electron chi connectivity index (χ3n) is 5.99. The van der Waals surface area contributed by atoms with E-state index in [1.54, 1.807) is 36.4 Å². The Morgan fingerprint density at radius 1 is 1.12 bits per heavy atom. The zero-order valence-electron chi connectivity index (χ0n) is 19.4. The van der Waals surface area contributed by atoms with Crippen molar-refractivity contribution in [2.45, 2.75) is 64.4 Å². The van der Waals surface area contributed by atoms with Gasteiger partial charge < -0.3 is 10.1 Å². The molecule has 0 fully saturated rings.